The predicted octanol–water partition coefficient (Wildman–Crippen LogP) is 5.27. The molecule has 2 aromatic rings. The summed E-state index contributed by atoms with van der Waals surface area (Å²) in [6, 6.07) is 6.57. The summed E-state index contributed by atoms with van der Waals surface area (Å²) in [5.74, 6) is 0. The molecule has 31 heavy (non-hydrogen) atoms. The number of urea groups is 1. The van der Waals surface area contributed by atoms with Crippen LogP contribution in [0.3, 0.4) is 0 Å². The molecule has 0 saturated carbocycles. The van der Waals surface area contributed by atoms with Crippen molar-refractivity contribution in [2.75, 3.05) is 19.4 Å². The van der Waals surface area contributed by atoms with Crippen LogP contribution in [-0.2, 0) is 40.5 Å². The highest BCUT2D eigenvalue weighted by molar-refractivity contribution is 7.75. The summed E-state index contributed by atoms with van der Waals surface area (Å²) < 4.78 is 43.0. The van der Waals surface area contributed by atoms with E-state index in [-0.39, 0.29) is 0 Å². The third kappa shape index (κ3) is 4.50. The van der Waals surface area contributed by atoms with Gasteiger partial charge in [-0.25, -0.2) is 13.6 Å². The third-order valence-corrected chi connectivity index (χ3v) is 7.10. The van der Waals surface area contributed by atoms with Crippen molar-refractivity contribution >= 4 is 22.3 Å². The van der Waals surface area contributed by atoms with E-state index in [2.05, 4.69) is 15.7 Å². The van der Waals surface area contributed by atoms with E-state index < -0.39 is 29.1 Å². The summed E-state index contributed by atoms with van der Waals surface area (Å²) in [6.45, 7) is 0. The van der Waals surface area contributed by atoms with Gasteiger partial charge in [0.25, 0.3) is 6.43 Å². The van der Waals surface area contributed by atoms with E-state index in [0.29, 0.717) is 10.5 Å². The van der Waals surface area contributed by atoms with Gasteiger partial charge < -0.3 is 13.9 Å². The molecule has 2 amide bonds. The second kappa shape index (κ2) is 9.04. The SMILES string of the molecule is CN(C)C(c1ccc([S-](=O)=NC(=O)Nc2c3c(cc4c2CCC4)CCC3)cc1)C(F)F. The Kier molecular flexibility index (Phi) is 6.39. The number of nitrogens with zero attached hydrogens (tertiary/aromatic N) is 2. The minimum Gasteiger partial charge on any atom is -0.439 e. The normalized spacial score (nSPS) is 17.1. The highest BCUT2D eigenvalue weighted by Crippen LogP contribution is 2.38. The molecule has 0 aromatic heterocycles. The number of benzene rings is 2. The van der Waals surface area contributed by atoms with Crippen LogP contribution in [0, 0.1) is 0 Å². The maximum Gasteiger partial charge on any atom is 0.322 e. The van der Waals surface area contributed by atoms with Crippen molar-refractivity contribution in [2.24, 2.45) is 4.36 Å². The van der Waals surface area contributed by atoms with E-state index in [1.807, 2.05) is 0 Å². The van der Waals surface area contributed by atoms with Crippen molar-refractivity contribution in [1.82, 2.24) is 4.90 Å². The van der Waals surface area contributed by atoms with E-state index in [1.54, 1.807) is 14.1 Å². The second-order valence-electron chi connectivity index (χ2n) is 8.32. The van der Waals surface area contributed by atoms with E-state index in [1.165, 1.54) is 51.4 Å². The number of anilines is 1. The van der Waals surface area contributed by atoms with Gasteiger partial charge in [0.2, 0.25) is 0 Å². The van der Waals surface area contributed by atoms with Crippen molar-refractivity contribution in [3.63, 3.8) is 0 Å². The fourth-order valence-electron chi connectivity index (χ4n) is 4.68. The van der Waals surface area contributed by atoms with E-state index in [4.69, 9.17) is 0 Å². The first kappa shape index (κ1) is 21.9. The van der Waals surface area contributed by atoms with Crippen LogP contribution < -0.4 is 5.32 Å². The van der Waals surface area contributed by atoms with Crippen LogP contribution in [-0.4, -0.2) is 31.5 Å². The van der Waals surface area contributed by atoms with Gasteiger partial charge in [0.1, 0.15) is 0 Å². The van der Waals surface area contributed by atoms with Crippen LogP contribution >= 0.6 is 0 Å². The minimum atomic E-state index is -2.55. The molecular formula is C23H26F2N3O2S-. The van der Waals surface area contributed by atoms with Gasteiger partial charge in [-0.1, -0.05) is 35.2 Å². The van der Waals surface area contributed by atoms with Gasteiger partial charge >= 0.3 is 6.03 Å². The van der Waals surface area contributed by atoms with Crippen LogP contribution in [0.5, 0.6) is 0 Å². The molecule has 0 fully saturated rings. The first-order chi connectivity index (χ1) is 14.8. The lowest BCUT2D eigenvalue weighted by molar-refractivity contribution is 0.0488. The fourth-order valence-corrected chi connectivity index (χ4v) is 5.35. The molecule has 1 N–H and O–H groups in total. The van der Waals surface area contributed by atoms with Gasteiger partial charge in [0, 0.05) is 5.69 Å². The Morgan fingerprint density at radius 2 is 1.61 bits per heavy atom. The van der Waals surface area contributed by atoms with E-state index >= 15 is 0 Å². The molecule has 1 unspecified atom stereocenters. The lowest BCUT2D eigenvalue weighted by Gasteiger charge is -2.24. The largest absolute Gasteiger partial charge is 0.439 e. The summed E-state index contributed by atoms with van der Waals surface area (Å²) in [5.41, 5.74) is 6.22. The number of halogens is 2. The van der Waals surface area contributed by atoms with E-state index in [9.17, 15) is 17.8 Å². The van der Waals surface area contributed by atoms with Crippen LogP contribution in [0.1, 0.15) is 46.7 Å². The Hall–Kier alpha value is -2.32. The molecule has 2 aliphatic carbocycles. The summed E-state index contributed by atoms with van der Waals surface area (Å²) in [5, 5.41) is 2.90. The van der Waals surface area contributed by atoms with Gasteiger partial charge in [-0.3, -0.25) is 4.90 Å². The average molecular weight is 447 g/mol. The molecule has 0 radical (unpaired) electrons. The maximum atomic E-state index is 13.3. The molecule has 0 saturated heterocycles. The van der Waals surface area contributed by atoms with Crippen molar-refractivity contribution in [3.05, 3.63) is 58.1 Å². The van der Waals surface area contributed by atoms with Crippen molar-refractivity contribution in [3.8, 4) is 0 Å². The maximum absolute atomic E-state index is 13.3. The number of amides is 2. The number of hydrogen-bond donors (Lipinski definition) is 1. The van der Waals surface area contributed by atoms with Crippen LogP contribution in [0.25, 0.3) is 0 Å². The summed E-state index contributed by atoms with van der Waals surface area (Å²) in [7, 11) is 1.25. The number of aryl methyl sites for hydroxylation is 2. The number of hydrogen-bond acceptors (Lipinski definition) is 4. The molecule has 2 aromatic carbocycles. The smallest absolute Gasteiger partial charge is 0.322 e. The fraction of sp³-hybridized carbons (Fsp3) is 0.435. The molecule has 0 heterocycles. The van der Waals surface area contributed by atoms with Crippen LogP contribution in [0.4, 0.5) is 19.3 Å². The van der Waals surface area contributed by atoms with Gasteiger partial charge in [-0.05, 0) is 80.4 Å². The topological polar surface area (TPSA) is 61.8 Å². The molecule has 0 bridgehead atoms. The second-order valence-corrected chi connectivity index (χ2v) is 9.47. The van der Waals surface area contributed by atoms with E-state index in [0.717, 1.165) is 44.2 Å². The Labute approximate surface area is 183 Å². The summed E-state index contributed by atoms with van der Waals surface area (Å²) in [4.78, 5) is 14.3. The lowest BCUT2D eigenvalue weighted by atomic mass is 9.99. The number of rotatable bonds is 5. The van der Waals surface area contributed by atoms with Crippen molar-refractivity contribution < 1.29 is 17.8 Å². The molecule has 1 atom stereocenters. The number of carbonyl (C=O) groups excluding carboxylic acids is 1. The summed E-state index contributed by atoms with van der Waals surface area (Å²) >= 11 is 0. The monoisotopic (exact) mass is 446 g/mol. The molecule has 166 valence electrons. The zero-order valence-corrected chi connectivity index (χ0v) is 18.5. The highest BCUT2D eigenvalue weighted by atomic mass is 32.2. The predicted molar refractivity (Wildman–Crippen MR) is 117 cm³/mol. The van der Waals surface area contributed by atoms with Crippen LogP contribution in [0.2, 0.25) is 0 Å². The average Bonchev–Trinajstić information content (AvgIpc) is 3.37. The zero-order valence-electron chi connectivity index (χ0n) is 17.7. The zero-order chi connectivity index (χ0) is 22.1. The van der Waals surface area contributed by atoms with Gasteiger partial charge in [-0.2, -0.15) is 10.6 Å². The number of nitrogens with one attached hydrogen (secondary N) is 1. The number of alkyl halides is 2. The summed E-state index contributed by atoms with van der Waals surface area (Å²) in [6.07, 6.45) is 3.50. The Morgan fingerprint density at radius 3 is 2.13 bits per heavy atom. The number of fused-ring (bicyclic) bond motifs is 2. The third-order valence-electron chi connectivity index (χ3n) is 6.09. The van der Waals surface area contributed by atoms with Crippen LogP contribution in [0.15, 0.2) is 39.6 Å². The molecule has 5 nitrogen and oxygen atoms in total. The molecule has 0 spiro atoms. The molecular weight excluding hydrogens is 420 g/mol. The minimum absolute atomic E-state index is 0.300. The quantitative estimate of drug-likeness (QED) is 0.637. The Bertz CT molecular complexity index is 1040. The highest BCUT2D eigenvalue weighted by Gasteiger charge is 2.25. The molecule has 2 aliphatic rings. The molecule has 4 rings (SSSR count). The molecule has 8 heteroatoms. The van der Waals surface area contributed by atoms with Gasteiger partial charge in [0.15, 0.2) is 0 Å². The number of carbonyl (C=O) groups is 1. The van der Waals surface area contributed by atoms with Crippen molar-refractivity contribution in [2.45, 2.75) is 55.9 Å². The first-order valence-corrected chi connectivity index (χ1v) is 11.6. The van der Waals surface area contributed by atoms with Crippen molar-refractivity contribution in [1.29, 1.82) is 0 Å². The standard InChI is InChI=1S/C23H26F2N3O2S/c1-28(2)21(22(24)25)14-9-11-17(12-10-14)31(30)27-23(29)26-20-18-7-3-5-15(18)13-16-6-4-8-19(16)20/h9-13,21-22H,3-8H2,1-2H3,(H,26,29)/q-1. The lowest BCUT2D eigenvalue weighted by Crippen LogP contribution is -2.26. The van der Waals surface area contributed by atoms with Gasteiger partial charge in [-0.15, -0.1) is 0 Å². The Morgan fingerprint density at radius 1 is 1.03 bits per heavy atom. The van der Waals surface area contributed by atoms with Gasteiger partial charge in [0.05, 0.1) is 6.04 Å². The first-order valence-electron chi connectivity index (χ1n) is 10.5. The Balaban J connectivity index is 1.54. The molecule has 0 aliphatic heterocycles.